The first kappa shape index (κ1) is 17.2. The quantitative estimate of drug-likeness (QED) is 0.605. The molecule has 0 unspecified atom stereocenters. The van der Waals surface area contributed by atoms with Crippen molar-refractivity contribution in [2.45, 2.75) is 6.17 Å². The van der Waals surface area contributed by atoms with E-state index < -0.39 is 12.3 Å². The van der Waals surface area contributed by atoms with Gasteiger partial charge in [0, 0.05) is 10.6 Å². The fraction of sp³-hybridized carbons (Fsp3) is 0.0952. The van der Waals surface area contributed by atoms with Crippen LogP contribution in [0.15, 0.2) is 78.9 Å². The van der Waals surface area contributed by atoms with E-state index >= 15 is 0 Å². The minimum absolute atomic E-state index is 0.489. The van der Waals surface area contributed by atoms with Crippen molar-refractivity contribution in [3.63, 3.8) is 0 Å². The third-order valence-electron chi connectivity index (χ3n) is 4.35. The van der Waals surface area contributed by atoms with Gasteiger partial charge in [0.2, 0.25) is 0 Å². The maximum atomic E-state index is 12.8. The van der Waals surface area contributed by atoms with Gasteiger partial charge in [0.15, 0.2) is 6.17 Å². The predicted octanol–water partition coefficient (Wildman–Crippen LogP) is 5.43. The molecular formula is C21H17ClN2O3. The van der Waals surface area contributed by atoms with Crippen molar-refractivity contribution >= 4 is 29.1 Å². The largest absolute Gasteiger partial charge is 0.496 e. The minimum Gasteiger partial charge on any atom is -0.496 e. The number of methoxy groups -OCH3 is 1. The lowest BCUT2D eigenvalue weighted by Crippen LogP contribution is -2.32. The van der Waals surface area contributed by atoms with Gasteiger partial charge < -0.3 is 9.57 Å². The summed E-state index contributed by atoms with van der Waals surface area (Å²) in [5.74, 6) is 0.661. The second kappa shape index (κ2) is 7.21. The molecule has 1 atom stereocenters. The zero-order chi connectivity index (χ0) is 18.8. The number of amides is 1. The molecule has 0 aromatic heterocycles. The van der Waals surface area contributed by atoms with Crippen LogP contribution in [0.4, 0.5) is 16.2 Å². The van der Waals surface area contributed by atoms with Crippen LogP contribution < -0.4 is 14.7 Å². The Kier molecular flexibility index (Phi) is 4.60. The molecule has 4 rings (SSSR count). The Balaban J connectivity index is 1.88. The molecule has 1 fully saturated rings. The second-order valence-electron chi connectivity index (χ2n) is 5.98. The lowest BCUT2D eigenvalue weighted by Gasteiger charge is -2.28. The predicted molar refractivity (Wildman–Crippen MR) is 105 cm³/mol. The first-order valence-electron chi connectivity index (χ1n) is 8.43. The first-order valence-corrected chi connectivity index (χ1v) is 8.81. The first-order chi connectivity index (χ1) is 13.2. The highest BCUT2D eigenvalue weighted by atomic mass is 35.5. The Morgan fingerprint density at radius 2 is 1.63 bits per heavy atom. The lowest BCUT2D eigenvalue weighted by atomic mass is 10.1. The molecule has 27 heavy (non-hydrogen) atoms. The normalized spacial score (nSPS) is 16.4. The van der Waals surface area contributed by atoms with E-state index in [2.05, 4.69) is 0 Å². The molecule has 6 heteroatoms. The summed E-state index contributed by atoms with van der Waals surface area (Å²) in [6, 6.07) is 24.2. The average molecular weight is 381 g/mol. The van der Waals surface area contributed by atoms with Crippen molar-refractivity contribution < 1.29 is 14.4 Å². The zero-order valence-electron chi connectivity index (χ0n) is 14.6. The van der Waals surface area contributed by atoms with E-state index in [1.807, 2.05) is 60.7 Å². The summed E-state index contributed by atoms with van der Waals surface area (Å²) in [5, 5.41) is 2.12. The van der Waals surface area contributed by atoms with Crippen LogP contribution in [0, 0.1) is 0 Å². The molecule has 3 aromatic rings. The van der Waals surface area contributed by atoms with Gasteiger partial charge in [0.1, 0.15) is 5.75 Å². The highest BCUT2D eigenvalue weighted by Crippen LogP contribution is 2.42. The van der Waals surface area contributed by atoms with Gasteiger partial charge in [-0.05, 0) is 36.4 Å². The Morgan fingerprint density at radius 3 is 2.37 bits per heavy atom. The Morgan fingerprint density at radius 1 is 0.926 bits per heavy atom. The molecule has 1 aliphatic rings. The van der Waals surface area contributed by atoms with E-state index in [-0.39, 0.29) is 0 Å². The number of hydrogen-bond donors (Lipinski definition) is 0. The van der Waals surface area contributed by atoms with Crippen LogP contribution in [0.2, 0.25) is 5.02 Å². The molecule has 0 spiro atoms. The summed E-state index contributed by atoms with van der Waals surface area (Å²) in [7, 11) is 1.60. The van der Waals surface area contributed by atoms with Crippen molar-refractivity contribution in [3.8, 4) is 5.75 Å². The van der Waals surface area contributed by atoms with Crippen LogP contribution in [0.1, 0.15) is 11.7 Å². The molecule has 0 bridgehead atoms. The van der Waals surface area contributed by atoms with Crippen LogP contribution in [0.25, 0.3) is 0 Å². The fourth-order valence-electron chi connectivity index (χ4n) is 3.17. The maximum absolute atomic E-state index is 12.8. The lowest BCUT2D eigenvalue weighted by molar-refractivity contribution is 0.164. The second-order valence-corrected chi connectivity index (χ2v) is 6.42. The van der Waals surface area contributed by atoms with Gasteiger partial charge in [0.25, 0.3) is 0 Å². The number of anilines is 2. The van der Waals surface area contributed by atoms with Crippen molar-refractivity contribution in [3.05, 3.63) is 89.4 Å². The topological polar surface area (TPSA) is 42.0 Å². The third-order valence-corrected chi connectivity index (χ3v) is 4.59. The smallest absolute Gasteiger partial charge is 0.440 e. The molecule has 1 aliphatic heterocycles. The number of ether oxygens (including phenoxy) is 1. The molecule has 136 valence electrons. The molecule has 1 heterocycles. The molecule has 3 aromatic carbocycles. The molecule has 5 nitrogen and oxygen atoms in total. The number of nitrogens with zero attached hydrogens (tertiary/aromatic N) is 2. The Labute approximate surface area is 162 Å². The van der Waals surface area contributed by atoms with E-state index in [9.17, 15) is 4.79 Å². The van der Waals surface area contributed by atoms with E-state index in [0.717, 1.165) is 11.3 Å². The van der Waals surface area contributed by atoms with Gasteiger partial charge in [0.05, 0.1) is 18.5 Å². The van der Waals surface area contributed by atoms with Crippen molar-refractivity contribution in [2.75, 3.05) is 17.1 Å². The summed E-state index contributed by atoms with van der Waals surface area (Å²) in [6.07, 6.45) is -1.04. The summed E-state index contributed by atoms with van der Waals surface area (Å²) >= 11 is 6.16. The Hall–Kier alpha value is -3.18. The third kappa shape index (κ3) is 3.17. The van der Waals surface area contributed by atoms with Gasteiger partial charge in [-0.3, -0.25) is 0 Å². The molecule has 1 amide bonds. The van der Waals surface area contributed by atoms with Crippen LogP contribution in [-0.2, 0) is 4.84 Å². The van der Waals surface area contributed by atoms with Crippen LogP contribution in [0.3, 0.4) is 0 Å². The summed E-state index contributed by atoms with van der Waals surface area (Å²) in [6.45, 7) is 0. The average Bonchev–Trinajstić information content (AvgIpc) is 3.05. The highest BCUT2D eigenvalue weighted by Gasteiger charge is 2.44. The monoisotopic (exact) mass is 380 g/mol. The zero-order valence-corrected chi connectivity index (χ0v) is 15.3. The van der Waals surface area contributed by atoms with E-state index in [1.54, 1.807) is 35.3 Å². The van der Waals surface area contributed by atoms with Crippen LogP contribution in [-0.4, -0.2) is 13.2 Å². The number of hydroxylamine groups is 1. The fourth-order valence-corrected chi connectivity index (χ4v) is 3.35. The molecule has 1 saturated heterocycles. The number of para-hydroxylation sites is 2. The number of carbonyl (C=O) groups excluding carboxylic acids is 1. The van der Waals surface area contributed by atoms with Crippen molar-refractivity contribution in [2.24, 2.45) is 0 Å². The molecular weight excluding hydrogens is 364 g/mol. The van der Waals surface area contributed by atoms with Crippen molar-refractivity contribution in [1.82, 2.24) is 0 Å². The molecule has 0 saturated carbocycles. The number of hydrogen-bond acceptors (Lipinski definition) is 4. The number of rotatable bonds is 4. The SMILES string of the molecule is COc1ccccc1[C@H]1N(c2ccccc2)OC(=O)N1c1cccc(Cl)c1. The van der Waals surface area contributed by atoms with Crippen molar-refractivity contribution in [1.29, 1.82) is 0 Å². The van der Waals surface area contributed by atoms with E-state index in [4.69, 9.17) is 21.2 Å². The number of benzene rings is 3. The highest BCUT2D eigenvalue weighted by molar-refractivity contribution is 6.30. The number of carbonyl (C=O) groups is 1. The van der Waals surface area contributed by atoms with Gasteiger partial charge in [-0.15, -0.1) is 0 Å². The standard InChI is InChI=1S/C21H17ClN2O3/c1-26-19-13-6-5-12-18(19)20-23(17-11-7-8-15(22)14-17)21(25)27-24(20)16-9-3-2-4-10-16/h2-14,20H,1H3/t20-/m1/s1. The summed E-state index contributed by atoms with van der Waals surface area (Å²) in [4.78, 5) is 20.0. The summed E-state index contributed by atoms with van der Waals surface area (Å²) in [5.41, 5.74) is 2.20. The van der Waals surface area contributed by atoms with Gasteiger partial charge in [-0.25, -0.2) is 9.69 Å². The van der Waals surface area contributed by atoms with E-state index in [0.29, 0.717) is 16.5 Å². The summed E-state index contributed by atoms with van der Waals surface area (Å²) < 4.78 is 5.54. The Bertz CT molecular complexity index is 964. The molecule has 0 radical (unpaired) electrons. The van der Waals surface area contributed by atoms with Gasteiger partial charge in [-0.1, -0.05) is 54.1 Å². The van der Waals surface area contributed by atoms with Gasteiger partial charge in [-0.2, -0.15) is 5.06 Å². The van der Waals surface area contributed by atoms with Crippen LogP contribution >= 0.6 is 11.6 Å². The minimum atomic E-state index is -0.547. The molecule has 0 aliphatic carbocycles. The van der Waals surface area contributed by atoms with Crippen LogP contribution in [0.5, 0.6) is 5.75 Å². The van der Waals surface area contributed by atoms with E-state index in [1.165, 1.54) is 0 Å². The number of halogens is 1. The van der Waals surface area contributed by atoms with Gasteiger partial charge >= 0.3 is 6.09 Å². The maximum Gasteiger partial charge on any atom is 0.440 e. The molecule has 0 N–H and O–H groups in total.